The molecule has 1 unspecified atom stereocenters. The quantitative estimate of drug-likeness (QED) is 0.880. The van der Waals surface area contributed by atoms with E-state index in [4.69, 9.17) is 5.26 Å². The number of aliphatic hydroxyl groups excluding tert-OH is 1. The van der Waals surface area contributed by atoms with Crippen LogP contribution in [0.1, 0.15) is 27.7 Å². The van der Waals surface area contributed by atoms with Gasteiger partial charge in [0.1, 0.15) is 0 Å². The molecule has 3 nitrogen and oxygen atoms in total. The zero-order valence-corrected chi connectivity index (χ0v) is 11.6. The number of benzene rings is 1. The zero-order chi connectivity index (χ0) is 13.7. The van der Waals surface area contributed by atoms with E-state index >= 15 is 0 Å². The van der Waals surface area contributed by atoms with Crippen molar-refractivity contribution in [2.45, 2.75) is 19.6 Å². The Morgan fingerprint density at radius 3 is 2.63 bits per heavy atom. The minimum atomic E-state index is -0.548. The number of aryl methyl sites for hydroxylation is 1. The maximum absolute atomic E-state index is 10.0. The standard InChI is InChI=1S/C15H16N2OS/c1-11-6-7-19-15(11)10-17-9-14(18)13-4-2-12(8-16)3-5-13/h2-7,14,17-18H,9-10H2,1H3. The molecule has 1 atom stereocenters. The first-order valence-electron chi connectivity index (χ1n) is 6.12. The summed E-state index contributed by atoms with van der Waals surface area (Å²) < 4.78 is 0. The van der Waals surface area contributed by atoms with Crippen molar-refractivity contribution >= 4 is 11.3 Å². The maximum atomic E-state index is 10.0. The van der Waals surface area contributed by atoms with Crippen LogP contribution in [0, 0.1) is 18.3 Å². The highest BCUT2D eigenvalue weighted by Gasteiger charge is 2.07. The van der Waals surface area contributed by atoms with Gasteiger partial charge in [-0.1, -0.05) is 12.1 Å². The number of aliphatic hydroxyl groups is 1. The predicted molar refractivity (Wildman–Crippen MR) is 76.9 cm³/mol. The number of hydrogen-bond acceptors (Lipinski definition) is 4. The first-order valence-corrected chi connectivity index (χ1v) is 7.00. The molecule has 0 aliphatic heterocycles. The van der Waals surface area contributed by atoms with Crippen molar-refractivity contribution in [3.8, 4) is 6.07 Å². The Bertz CT molecular complexity index is 569. The molecule has 1 heterocycles. The molecule has 4 heteroatoms. The average Bonchev–Trinajstić information content (AvgIpc) is 2.84. The Balaban J connectivity index is 1.85. The molecular formula is C15H16N2OS. The number of nitrogens with one attached hydrogen (secondary N) is 1. The summed E-state index contributed by atoms with van der Waals surface area (Å²) in [6.45, 7) is 3.37. The molecule has 0 bridgehead atoms. The van der Waals surface area contributed by atoms with Crippen molar-refractivity contribution in [1.82, 2.24) is 5.32 Å². The fourth-order valence-electron chi connectivity index (χ4n) is 1.81. The Morgan fingerprint density at radius 1 is 1.32 bits per heavy atom. The molecule has 1 aromatic heterocycles. The van der Waals surface area contributed by atoms with Crippen molar-refractivity contribution < 1.29 is 5.11 Å². The van der Waals surface area contributed by atoms with Gasteiger partial charge in [-0.3, -0.25) is 0 Å². The second-order valence-electron chi connectivity index (χ2n) is 4.41. The molecule has 0 spiro atoms. The molecule has 1 aromatic carbocycles. The predicted octanol–water partition coefficient (Wildman–Crippen LogP) is 2.75. The molecule has 98 valence electrons. The van der Waals surface area contributed by atoms with Gasteiger partial charge < -0.3 is 10.4 Å². The minimum Gasteiger partial charge on any atom is -0.387 e. The van der Waals surface area contributed by atoms with Gasteiger partial charge in [0.2, 0.25) is 0 Å². The average molecular weight is 272 g/mol. The van der Waals surface area contributed by atoms with Crippen LogP contribution in [0.25, 0.3) is 0 Å². The van der Waals surface area contributed by atoms with Gasteiger partial charge in [0, 0.05) is 18.0 Å². The van der Waals surface area contributed by atoms with Gasteiger partial charge in [-0.2, -0.15) is 5.26 Å². The van der Waals surface area contributed by atoms with Gasteiger partial charge in [-0.15, -0.1) is 11.3 Å². The lowest BCUT2D eigenvalue weighted by Crippen LogP contribution is -2.20. The summed E-state index contributed by atoms with van der Waals surface area (Å²) in [5, 5.41) is 24.1. The molecule has 0 amide bonds. The normalized spacial score (nSPS) is 12.1. The molecule has 0 fully saturated rings. The molecule has 2 aromatic rings. The third kappa shape index (κ3) is 3.65. The second-order valence-corrected chi connectivity index (χ2v) is 5.41. The first-order chi connectivity index (χ1) is 9.20. The van der Waals surface area contributed by atoms with Crippen molar-refractivity contribution in [2.24, 2.45) is 0 Å². The smallest absolute Gasteiger partial charge is 0.0991 e. The number of hydrogen-bond donors (Lipinski definition) is 2. The van der Waals surface area contributed by atoms with E-state index in [2.05, 4.69) is 29.8 Å². The SMILES string of the molecule is Cc1ccsc1CNCC(O)c1ccc(C#N)cc1. The molecular weight excluding hydrogens is 256 g/mol. The van der Waals surface area contributed by atoms with E-state index in [1.807, 2.05) is 0 Å². The van der Waals surface area contributed by atoms with Crippen LogP contribution in [0.15, 0.2) is 35.7 Å². The number of rotatable bonds is 5. The van der Waals surface area contributed by atoms with Crippen molar-refractivity contribution in [3.63, 3.8) is 0 Å². The van der Waals surface area contributed by atoms with Crippen LogP contribution < -0.4 is 5.32 Å². The molecule has 2 N–H and O–H groups in total. The zero-order valence-electron chi connectivity index (χ0n) is 10.8. The van der Waals surface area contributed by atoms with E-state index in [9.17, 15) is 5.11 Å². The van der Waals surface area contributed by atoms with Crippen LogP contribution in [0.5, 0.6) is 0 Å². The lowest BCUT2D eigenvalue weighted by molar-refractivity contribution is 0.174. The Morgan fingerprint density at radius 2 is 2.05 bits per heavy atom. The van der Waals surface area contributed by atoms with E-state index in [-0.39, 0.29) is 0 Å². The van der Waals surface area contributed by atoms with Gasteiger partial charge in [0.25, 0.3) is 0 Å². The highest BCUT2D eigenvalue weighted by atomic mass is 32.1. The summed E-state index contributed by atoms with van der Waals surface area (Å²) in [5.74, 6) is 0. The molecule has 0 saturated heterocycles. The van der Waals surface area contributed by atoms with Crippen LogP contribution in [0.4, 0.5) is 0 Å². The van der Waals surface area contributed by atoms with Crippen molar-refractivity contribution in [2.75, 3.05) is 6.54 Å². The summed E-state index contributed by atoms with van der Waals surface area (Å²) in [4.78, 5) is 1.30. The van der Waals surface area contributed by atoms with Gasteiger partial charge in [-0.25, -0.2) is 0 Å². The second kappa shape index (κ2) is 6.48. The molecule has 0 saturated carbocycles. The third-order valence-electron chi connectivity index (χ3n) is 3.02. The topological polar surface area (TPSA) is 56.0 Å². The van der Waals surface area contributed by atoms with E-state index < -0.39 is 6.10 Å². The molecule has 2 rings (SSSR count). The van der Waals surface area contributed by atoms with E-state index in [0.717, 1.165) is 12.1 Å². The fraction of sp³-hybridized carbons (Fsp3) is 0.267. The lowest BCUT2D eigenvalue weighted by Gasteiger charge is -2.12. The van der Waals surface area contributed by atoms with Crippen LogP contribution in [-0.4, -0.2) is 11.7 Å². The molecule has 0 aliphatic rings. The third-order valence-corrected chi connectivity index (χ3v) is 4.04. The molecule has 0 aliphatic carbocycles. The van der Waals surface area contributed by atoms with E-state index in [1.165, 1.54) is 10.4 Å². The Hall–Kier alpha value is -1.67. The highest BCUT2D eigenvalue weighted by Crippen LogP contribution is 2.16. The number of nitrogens with zero attached hydrogens (tertiary/aromatic N) is 1. The minimum absolute atomic E-state index is 0.503. The summed E-state index contributed by atoms with van der Waals surface area (Å²) in [5.41, 5.74) is 2.72. The largest absolute Gasteiger partial charge is 0.387 e. The molecule has 19 heavy (non-hydrogen) atoms. The van der Waals surface area contributed by atoms with Gasteiger partial charge in [0.15, 0.2) is 0 Å². The van der Waals surface area contributed by atoms with Gasteiger partial charge in [-0.05, 0) is 41.6 Å². The van der Waals surface area contributed by atoms with Gasteiger partial charge >= 0.3 is 0 Å². The first kappa shape index (κ1) is 13.8. The van der Waals surface area contributed by atoms with Gasteiger partial charge in [0.05, 0.1) is 17.7 Å². The maximum Gasteiger partial charge on any atom is 0.0991 e. The fourth-order valence-corrected chi connectivity index (χ4v) is 2.68. The summed E-state index contributed by atoms with van der Waals surface area (Å²) in [7, 11) is 0. The molecule has 0 radical (unpaired) electrons. The highest BCUT2D eigenvalue weighted by molar-refractivity contribution is 7.10. The van der Waals surface area contributed by atoms with Crippen LogP contribution in [-0.2, 0) is 6.54 Å². The number of nitriles is 1. The van der Waals surface area contributed by atoms with Crippen molar-refractivity contribution in [3.05, 3.63) is 57.3 Å². The van der Waals surface area contributed by atoms with E-state index in [0.29, 0.717) is 12.1 Å². The van der Waals surface area contributed by atoms with Crippen LogP contribution in [0.2, 0.25) is 0 Å². The van der Waals surface area contributed by atoms with Crippen LogP contribution >= 0.6 is 11.3 Å². The Labute approximate surface area is 117 Å². The van der Waals surface area contributed by atoms with Crippen molar-refractivity contribution in [1.29, 1.82) is 5.26 Å². The summed E-state index contributed by atoms with van der Waals surface area (Å²) in [6.07, 6.45) is -0.548. The Kier molecular flexibility index (Phi) is 4.69. The van der Waals surface area contributed by atoms with E-state index in [1.54, 1.807) is 35.6 Å². The number of thiophene rings is 1. The summed E-state index contributed by atoms with van der Waals surface area (Å²) in [6, 6.07) is 11.2. The summed E-state index contributed by atoms with van der Waals surface area (Å²) >= 11 is 1.72. The lowest BCUT2D eigenvalue weighted by atomic mass is 10.1. The monoisotopic (exact) mass is 272 g/mol. The van der Waals surface area contributed by atoms with Crippen LogP contribution in [0.3, 0.4) is 0 Å².